The number of hydrogen-bond donors (Lipinski definition) is 0. The minimum atomic E-state index is -0.176. The molecular weight excluding hydrogens is 326 g/mol. The topological polar surface area (TPSA) is 42.7 Å². The summed E-state index contributed by atoms with van der Waals surface area (Å²) in [6, 6.07) is 12.5. The molecule has 0 spiro atoms. The van der Waals surface area contributed by atoms with E-state index in [0.717, 1.165) is 47.9 Å². The Morgan fingerprint density at radius 3 is 2.77 bits per heavy atom. The minimum Gasteiger partial charge on any atom is -0.473 e. The number of rotatable bonds is 2. The number of nitrogens with zero attached hydrogens (tertiary/aromatic N) is 1. The first-order valence-corrected chi connectivity index (χ1v) is 9.32. The summed E-state index contributed by atoms with van der Waals surface area (Å²) >= 11 is 0. The summed E-state index contributed by atoms with van der Waals surface area (Å²) in [6.45, 7) is 3.35. The van der Waals surface area contributed by atoms with E-state index in [2.05, 4.69) is 42.2 Å². The smallest absolute Gasteiger partial charge is 0.339 e. The van der Waals surface area contributed by atoms with Gasteiger partial charge in [-0.25, -0.2) is 4.79 Å². The second-order valence-electron chi connectivity index (χ2n) is 7.07. The molecule has 26 heavy (non-hydrogen) atoms. The van der Waals surface area contributed by atoms with Gasteiger partial charge in [-0.15, -0.1) is 0 Å². The Hall–Kier alpha value is -2.75. The van der Waals surface area contributed by atoms with Crippen LogP contribution in [-0.2, 0) is 25.8 Å². The molecule has 0 N–H and O–H groups in total. The molecule has 5 rings (SSSR count). The largest absolute Gasteiger partial charge is 0.473 e. The molecule has 0 unspecified atom stereocenters. The average Bonchev–Trinajstić information content (AvgIpc) is 3.18. The SMILES string of the molecule is CCc1ccccc1N1COc2ccc3c4c(c(=O)oc3c2C1)CCC4. The van der Waals surface area contributed by atoms with Gasteiger partial charge >= 0.3 is 5.63 Å². The standard InChI is InChI=1S/C22H21NO3/c1-2-14-6-3-4-9-19(14)23-12-18-20(25-13-23)11-10-16-15-7-5-8-17(15)22(24)26-21(16)18/h3-4,6,9-11H,2,5,7-8,12-13H2,1H3. The Morgan fingerprint density at radius 1 is 1.04 bits per heavy atom. The second kappa shape index (κ2) is 5.90. The molecular formula is C22H21NO3. The molecule has 2 aliphatic rings. The van der Waals surface area contributed by atoms with Crippen molar-refractivity contribution >= 4 is 16.7 Å². The van der Waals surface area contributed by atoms with Crippen LogP contribution >= 0.6 is 0 Å². The van der Waals surface area contributed by atoms with Gasteiger partial charge in [0.05, 0.1) is 12.1 Å². The summed E-state index contributed by atoms with van der Waals surface area (Å²) in [5.41, 5.74) is 6.01. The summed E-state index contributed by atoms with van der Waals surface area (Å²) in [5, 5.41) is 1.07. The summed E-state index contributed by atoms with van der Waals surface area (Å²) in [5.74, 6) is 0.823. The van der Waals surface area contributed by atoms with E-state index < -0.39 is 0 Å². The molecule has 0 radical (unpaired) electrons. The second-order valence-corrected chi connectivity index (χ2v) is 7.07. The average molecular weight is 347 g/mol. The molecule has 0 bridgehead atoms. The number of ether oxygens (including phenoxy) is 1. The van der Waals surface area contributed by atoms with E-state index in [1.807, 2.05) is 6.07 Å². The third-order valence-corrected chi connectivity index (χ3v) is 5.64. The van der Waals surface area contributed by atoms with Gasteiger partial charge in [0.25, 0.3) is 0 Å². The molecule has 1 aromatic heterocycles. The molecule has 0 atom stereocenters. The van der Waals surface area contributed by atoms with Crippen LogP contribution in [0.25, 0.3) is 11.0 Å². The number of anilines is 1. The first kappa shape index (κ1) is 15.5. The van der Waals surface area contributed by atoms with E-state index in [1.54, 1.807) is 0 Å². The minimum absolute atomic E-state index is 0.176. The molecule has 0 amide bonds. The van der Waals surface area contributed by atoms with E-state index >= 15 is 0 Å². The highest BCUT2D eigenvalue weighted by Crippen LogP contribution is 2.37. The zero-order chi connectivity index (χ0) is 17.7. The third-order valence-electron chi connectivity index (χ3n) is 5.64. The van der Waals surface area contributed by atoms with Crippen LogP contribution in [0.5, 0.6) is 5.75 Å². The molecule has 4 nitrogen and oxygen atoms in total. The van der Waals surface area contributed by atoms with Gasteiger partial charge in [0.1, 0.15) is 11.3 Å². The van der Waals surface area contributed by atoms with E-state index in [-0.39, 0.29) is 5.63 Å². The Morgan fingerprint density at radius 2 is 1.88 bits per heavy atom. The zero-order valence-electron chi connectivity index (χ0n) is 14.9. The van der Waals surface area contributed by atoms with Gasteiger partial charge in [-0.2, -0.15) is 0 Å². The van der Waals surface area contributed by atoms with Crippen LogP contribution in [0.3, 0.4) is 0 Å². The lowest BCUT2D eigenvalue weighted by Crippen LogP contribution is -2.32. The fourth-order valence-electron chi connectivity index (χ4n) is 4.33. The molecule has 1 aliphatic carbocycles. The first-order valence-electron chi connectivity index (χ1n) is 9.32. The van der Waals surface area contributed by atoms with Crippen molar-refractivity contribution in [3.63, 3.8) is 0 Å². The van der Waals surface area contributed by atoms with Crippen molar-refractivity contribution in [1.29, 1.82) is 0 Å². The van der Waals surface area contributed by atoms with Crippen LogP contribution in [0.1, 0.15) is 35.6 Å². The summed E-state index contributed by atoms with van der Waals surface area (Å²) in [4.78, 5) is 14.7. The summed E-state index contributed by atoms with van der Waals surface area (Å²) in [7, 11) is 0. The van der Waals surface area contributed by atoms with Crippen LogP contribution in [-0.4, -0.2) is 6.73 Å². The van der Waals surface area contributed by atoms with Crippen molar-refractivity contribution in [2.45, 2.75) is 39.2 Å². The molecule has 4 heteroatoms. The Labute approximate surface area is 152 Å². The monoisotopic (exact) mass is 347 g/mol. The highest BCUT2D eigenvalue weighted by molar-refractivity contribution is 5.87. The molecule has 0 saturated heterocycles. The molecule has 0 fully saturated rings. The van der Waals surface area contributed by atoms with Gasteiger partial charge in [0.2, 0.25) is 0 Å². The van der Waals surface area contributed by atoms with E-state index in [1.165, 1.54) is 16.8 Å². The Balaban J connectivity index is 1.66. The predicted molar refractivity (Wildman–Crippen MR) is 102 cm³/mol. The van der Waals surface area contributed by atoms with Crippen molar-refractivity contribution < 1.29 is 9.15 Å². The fourth-order valence-corrected chi connectivity index (χ4v) is 4.33. The van der Waals surface area contributed by atoms with E-state index in [9.17, 15) is 4.79 Å². The molecule has 3 aromatic rings. The van der Waals surface area contributed by atoms with Crippen molar-refractivity contribution in [2.75, 3.05) is 11.6 Å². The molecule has 1 aliphatic heterocycles. The van der Waals surface area contributed by atoms with Crippen molar-refractivity contribution in [3.8, 4) is 5.75 Å². The van der Waals surface area contributed by atoms with E-state index in [0.29, 0.717) is 18.9 Å². The maximum atomic E-state index is 12.4. The molecule has 132 valence electrons. The lowest BCUT2D eigenvalue weighted by Gasteiger charge is -2.32. The van der Waals surface area contributed by atoms with Crippen molar-refractivity contribution in [2.24, 2.45) is 0 Å². The van der Waals surface area contributed by atoms with Crippen LogP contribution < -0.4 is 15.3 Å². The third kappa shape index (κ3) is 2.25. The maximum absolute atomic E-state index is 12.4. The Bertz CT molecular complexity index is 1070. The van der Waals surface area contributed by atoms with E-state index in [4.69, 9.17) is 9.15 Å². The van der Waals surface area contributed by atoms with Gasteiger partial charge < -0.3 is 14.1 Å². The summed E-state index contributed by atoms with van der Waals surface area (Å²) < 4.78 is 11.8. The summed E-state index contributed by atoms with van der Waals surface area (Å²) in [6.07, 6.45) is 3.79. The van der Waals surface area contributed by atoms with Gasteiger partial charge in [0.15, 0.2) is 6.73 Å². The lowest BCUT2D eigenvalue weighted by atomic mass is 10.0. The predicted octanol–water partition coefficient (Wildman–Crippen LogP) is 4.20. The van der Waals surface area contributed by atoms with Crippen LogP contribution in [0.15, 0.2) is 45.6 Å². The van der Waals surface area contributed by atoms with Gasteiger partial charge in [-0.3, -0.25) is 0 Å². The molecule has 0 saturated carbocycles. The van der Waals surface area contributed by atoms with Gasteiger partial charge in [0, 0.05) is 16.6 Å². The van der Waals surface area contributed by atoms with Crippen LogP contribution in [0.4, 0.5) is 5.69 Å². The number of benzene rings is 2. The van der Waals surface area contributed by atoms with Crippen LogP contribution in [0, 0.1) is 0 Å². The Kier molecular flexibility index (Phi) is 3.52. The van der Waals surface area contributed by atoms with Crippen molar-refractivity contribution in [1.82, 2.24) is 0 Å². The number of hydrogen-bond acceptors (Lipinski definition) is 4. The highest BCUT2D eigenvalue weighted by Gasteiger charge is 2.26. The quantitative estimate of drug-likeness (QED) is 0.652. The lowest BCUT2D eigenvalue weighted by molar-refractivity contribution is 0.289. The fraction of sp³-hybridized carbons (Fsp3) is 0.318. The maximum Gasteiger partial charge on any atom is 0.339 e. The highest BCUT2D eigenvalue weighted by atomic mass is 16.5. The number of para-hydroxylation sites is 1. The van der Waals surface area contributed by atoms with Gasteiger partial charge in [-0.1, -0.05) is 25.1 Å². The zero-order valence-corrected chi connectivity index (χ0v) is 14.9. The number of aryl methyl sites for hydroxylation is 2. The molecule has 2 aromatic carbocycles. The molecule has 2 heterocycles. The van der Waals surface area contributed by atoms with Gasteiger partial charge in [-0.05, 0) is 55.0 Å². The normalized spacial score (nSPS) is 15.7. The first-order chi connectivity index (χ1) is 12.8. The van der Waals surface area contributed by atoms with Crippen molar-refractivity contribution in [3.05, 3.63) is 69.1 Å². The van der Waals surface area contributed by atoms with Crippen LogP contribution in [0.2, 0.25) is 0 Å². The number of fused-ring (bicyclic) bond motifs is 5.